The second-order valence-corrected chi connectivity index (χ2v) is 11.0. The molecule has 0 aromatic heterocycles. The highest BCUT2D eigenvalue weighted by Gasteiger charge is 2.37. The Balaban J connectivity index is 2.55. The fourth-order valence-electron chi connectivity index (χ4n) is 4.31. The average Bonchev–Trinajstić information content (AvgIpc) is 2.84. The summed E-state index contributed by atoms with van der Waals surface area (Å²) in [5.41, 5.74) is 2.65. The third kappa shape index (κ3) is 9.75. The summed E-state index contributed by atoms with van der Waals surface area (Å²) < 4.78 is 5.43. The topological polar surface area (TPSA) is 112 Å². The summed E-state index contributed by atoms with van der Waals surface area (Å²) in [5.74, 6) is -0.925. The molecule has 39 heavy (non-hydrogen) atoms. The van der Waals surface area contributed by atoms with E-state index < -0.39 is 29.7 Å². The third-order valence-corrected chi connectivity index (χ3v) is 6.31. The first-order valence-electron chi connectivity index (χ1n) is 13.4. The lowest BCUT2D eigenvalue weighted by Gasteiger charge is -2.34. The normalized spacial score (nSPS) is 13.4. The van der Waals surface area contributed by atoms with Crippen LogP contribution in [0.5, 0.6) is 0 Å². The molecule has 0 spiro atoms. The molecular formula is C31H42N4O4. The van der Waals surface area contributed by atoms with Crippen molar-refractivity contribution in [2.45, 2.75) is 91.5 Å². The molecule has 2 rings (SSSR count). The summed E-state index contributed by atoms with van der Waals surface area (Å²) >= 11 is 0. The first-order chi connectivity index (χ1) is 18.4. The van der Waals surface area contributed by atoms with Crippen LogP contribution in [0.1, 0.15) is 75.8 Å². The Labute approximate surface area is 232 Å². The monoisotopic (exact) mass is 534 g/mol. The molecule has 8 heteroatoms. The maximum atomic E-state index is 14.1. The van der Waals surface area contributed by atoms with Gasteiger partial charge >= 0.3 is 6.09 Å². The van der Waals surface area contributed by atoms with E-state index in [9.17, 15) is 19.6 Å². The maximum Gasteiger partial charge on any atom is 0.408 e. The van der Waals surface area contributed by atoms with Crippen LogP contribution in [0, 0.1) is 25.2 Å². The van der Waals surface area contributed by atoms with Crippen molar-refractivity contribution in [2.24, 2.45) is 0 Å². The number of carbonyl (C=O) groups is 3. The Hall–Kier alpha value is -3.86. The van der Waals surface area contributed by atoms with E-state index in [1.165, 1.54) is 4.90 Å². The molecule has 0 aliphatic rings. The average molecular weight is 535 g/mol. The fourth-order valence-corrected chi connectivity index (χ4v) is 4.31. The summed E-state index contributed by atoms with van der Waals surface area (Å²) in [6.45, 7) is 12.7. The van der Waals surface area contributed by atoms with E-state index in [0.29, 0.717) is 5.56 Å². The Morgan fingerprint density at radius 2 is 1.69 bits per heavy atom. The standard InChI is InChI=1S/C31H42N4O4/c1-8-12-23(4)33-28(36)27(25-16-15-21(2)22(3)19-25)35(18-17-32)29(37)26(20-24-13-10-9-11-14-24)34-30(38)39-31(5,6)7/h9-11,13-16,19,23,26-27H,8,12,18,20H2,1-7H3,(H,33,36)(H,34,38). The molecule has 210 valence electrons. The molecule has 3 amide bonds. The van der Waals surface area contributed by atoms with Gasteiger partial charge in [-0.25, -0.2) is 4.79 Å². The molecule has 0 radical (unpaired) electrons. The van der Waals surface area contributed by atoms with E-state index in [0.717, 1.165) is 29.5 Å². The lowest BCUT2D eigenvalue weighted by Crippen LogP contribution is -2.54. The number of hydrogen-bond donors (Lipinski definition) is 2. The number of aryl methyl sites for hydroxylation is 2. The van der Waals surface area contributed by atoms with Crippen LogP contribution in [0.4, 0.5) is 4.79 Å². The fraction of sp³-hybridized carbons (Fsp3) is 0.484. The minimum Gasteiger partial charge on any atom is -0.444 e. The van der Waals surface area contributed by atoms with Crippen molar-refractivity contribution in [2.75, 3.05) is 6.54 Å². The van der Waals surface area contributed by atoms with E-state index >= 15 is 0 Å². The van der Waals surface area contributed by atoms with Gasteiger partial charge in [0, 0.05) is 12.5 Å². The van der Waals surface area contributed by atoms with Crippen molar-refractivity contribution in [3.8, 4) is 6.07 Å². The lowest BCUT2D eigenvalue weighted by atomic mass is 9.97. The van der Waals surface area contributed by atoms with Crippen molar-refractivity contribution < 1.29 is 19.1 Å². The number of alkyl carbamates (subject to hydrolysis) is 1. The molecule has 0 saturated heterocycles. The van der Waals surface area contributed by atoms with E-state index in [-0.39, 0.29) is 24.9 Å². The van der Waals surface area contributed by atoms with Crippen molar-refractivity contribution in [3.05, 3.63) is 70.8 Å². The third-order valence-electron chi connectivity index (χ3n) is 6.31. The Bertz CT molecular complexity index is 1170. The molecular weight excluding hydrogens is 492 g/mol. The van der Waals surface area contributed by atoms with Crippen LogP contribution in [0.25, 0.3) is 0 Å². The maximum absolute atomic E-state index is 14.1. The van der Waals surface area contributed by atoms with Gasteiger partial charge in [0.1, 0.15) is 24.2 Å². The van der Waals surface area contributed by atoms with Crippen LogP contribution < -0.4 is 10.6 Å². The molecule has 2 aromatic carbocycles. The Morgan fingerprint density at radius 1 is 1.03 bits per heavy atom. The molecule has 3 atom stereocenters. The van der Waals surface area contributed by atoms with Gasteiger partial charge in [0.25, 0.3) is 0 Å². The Kier molecular flexibility index (Phi) is 11.5. The van der Waals surface area contributed by atoms with Crippen LogP contribution in [0.2, 0.25) is 0 Å². The first-order valence-corrected chi connectivity index (χ1v) is 13.4. The first kappa shape index (κ1) is 31.4. The number of nitrogens with zero attached hydrogens (tertiary/aromatic N) is 2. The van der Waals surface area contributed by atoms with Gasteiger partial charge in [0.15, 0.2) is 0 Å². The number of rotatable bonds is 11. The molecule has 0 aliphatic carbocycles. The van der Waals surface area contributed by atoms with Crippen molar-refractivity contribution in [3.63, 3.8) is 0 Å². The van der Waals surface area contributed by atoms with Gasteiger partial charge in [-0.3, -0.25) is 9.59 Å². The van der Waals surface area contributed by atoms with Gasteiger partial charge < -0.3 is 20.3 Å². The predicted octanol–water partition coefficient (Wildman–Crippen LogP) is 5.14. The number of benzene rings is 2. The second kappa shape index (κ2) is 14.3. The van der Waals surface area contributed by atoms with E-state index in [1.807, 2.05) is 82.3 Å². The highest BCUT2D eigenvalue weighted by Crippen LogP contribution is 2.25. The zero-order valence-electron chi connectivity index (χ0n) is 24.2. The SMILES string of the molecule is CCCC(C)NC(=O)C(c1ccc(C)c(C)c1)N(CC#N)C(=O)C(Cc1ccccc1)NC(=O)OC(C)(C)C. The highest BCUT2D eigenvalue weighted by molar-refractivity contribution is 5.92. The summed E-state index contributed by atoms with van der Waals surface area (Å²) in [6, 6.07) is 14.6. The summed E-state index contributed by atoms with van der Waals surface area (Å²) in [5, 5.41) is 15.5. The van der Waals surface area contributed by atoms with Gasteiger partial charge in [0.05, 0.1) is 6.07 Å². The predicted molar refractivity (Wildman–Crippen MR) is 152 cm³/mol. The molecule has 0 fully saturated rings. The molecule has 2 N–H and O–H groups in total. The zero-order chi connectivity index (χ0) is 29.2. The van der Waals surface area contributed by atoms with Crippen LogP contribution in [-0.4, -0.2) is 47.0 Å². The molecule has 3 unspecified atom stereocenters. The lowest BCUT2D eigenvalue weighted by molar-refractivity contribution is -0.142. The number of amides is 3. The second-order valence-electron chi connectivity index (χ2n) is 11.0. The number of ether oxygens (including phenoxy) is 1. The van der Waals surface area contributed by atoms with E-state index in [4.69, 9.17) is 4.74 Å². The molecule has 0 aliphatic heterocycles. The van der Waals surface area contributed by atoms with Crippen molar-refractivity contribution in [1.29, 1.82) is 5.26 Å². The largest absolute Gasteiger partial charge is 0.444 e. The molecule has 2 aromatic rings. The molecule has 0 bridgehead atoms. The molecule has 8 nitrogen and oxygen atoms in total. The van der Waals surface area contributed by atoms with Crippen LogP contribution in [-0.2, 0) is 20.7 Å². The number of hydrogen-bond acceptors (Lipinski definition) is 5. The van der Waals surface area contributed by atoms with Gasteiger partial charge in [-0.1, -0.05) is 61.9 Å². The summed E-state index contributed by atoms with van der Waals surface area (Å²) in [7, 11) is 0. The zero-order valence-corrected chi connectivity index (χ0v) is 24.2. The van der Waals surface area contributed by atoms with Crippen LogP contribution in [0.15, 0.2) is 48.5 Å². The number of nitrogens with one attached hydrogen (secondary N) is 2. The molecule has 0 saturated carbocycles. The Morgan fingerprint density at radius 3 is 2.26 bits per heavy atom. The minimum atomic E-state index is -1.06. The van der Waals surface area contributed by atoms with Gasteiger partial charge in [-0.05, 0) is 70.2 Å². The van der Waals surface area contributed by atoms with E-state index in [2.05, 4.69) is 10.6 Å². The number of carbonyl (C=O) groups excluding carboxylic acids is 3. The summed E-state index contributed by atoms with van der Waals surface area (Å²) in [6.07, 6.45) is 1.07. The van der Waals surface area contributed by atoms with Crippen molar-refractivity contribution >= 4 is 17.9 Å². The highest BCUT2D eigenvalue weighted by atomic mass is 16.6. The van der Waals surface area contributed by atoms with Gasteiger partial charge in [-0.2, -0.15) is 5.26 Å². The smallest absolute Gasteiger partial charge is 0.408 e. The van der Waals surface area contributed by atoms with Crippen molar-refractivity contribution in [1.82, 2.24) is 15.5 Å². The van der Waals surface area contributed by atoms with Gasteiger partial charge in [-0.15, -0.1) is 0 Å². The minimum absolute atomic E-state index is 0.115. The van der Waals surface area contributed by atoms with Crippen LogP contribution in [0.3, 0.4) is 0 Å². The summed E-state index contributed by atoms with van der Waals surface area (Å²) in [4.78, 5) is 41.9. The van der Waals surface area contributed by atoms with Crippen LogP contribution >= 0.6 is 0 Å². The quantitative estimate of drug-likeness (QED) is 0.388. The van der Waals surface area contributed by atoms with E-state index in [1.54, 1.807) is 20.8 Å². The van der Waals surface area contributed by atoms with Gasteiger partial charge in [0.2, 0.25) is 11.8 Å². The number of nitriles is 1. The molecule has 0 heterocycles.